The molecule has 0 saturated heterocycles. The van der Waals surface area contributed by atoms with Gasteiger partial charge >= 0.3 is 0 Å². The first kappa shape index (κ1) is 23.2. The van der Waals surface area contributed by atoms with Gasteiger partial charge in [0.05, 0.1) is 22.6 Å². The van der Waals surface area contributed by atoms with Gasteiger partial charge < -0.3 is 10.3 Å². The molecule has 0 aliphatic rings. The fourth-order valence-electron chi connectivity index (χ4n) is 4.12. The molecule has 0 atom stereocenters. The molecular weight excluding hydrogens is 420 g/mol. The van der Waals surface area contributed by atoms with Crippen LogP contribution < -0.4 is 5.32 Å². The van der Waals surface area contributed by atoms with Gasteiger partial charge in [0.15, 0.2) is 0 Å². The standard InChI is InChI=1S/C28H30N6/c1-5-34(6-2)18-23-9-7-8-22(32-23)10-11-25-20(4)31-17-21(16-29)28(25)33-26-12-13-27-24(19(26)3)14-15-30-27/h7-15,17,30H,5-6,18H2,1-4H3,(H,31,33)/b11-10+. The van der Waals surface area contributed by atoms with E-state index >= 15 is 0 Å². The first-order valence-corrected chi connectivity index (χ1v) is 11.6. The van der Waals surface area contributed by atoms with E-state index in [1.54, 1.807) is 6.20 Å². The van der Waals surface area contributed by atoms with Crippen molar-refractivity contribution in [1.29, 1.82) is 5.26 Å². The third-order valence-corrected chi connectivity index (χ3v) is 6.23. The SMILES string of the molecule is CCN(CC)Cc1cccc(/C=C/c2c(C)ncc(C#N)c2Nc2ccc3[nH]ccc3c2C)n1. The summed E-state index contributed by atoms with van der Waals surface area (Å²) in [4.78, 5) is 14.9. The van der Waals surface area contributed by atoms with Crippen molar-refractivity contribution < 1.29 is 0 Å². The highest BCUT2D eigenvalue weighted by Gasteiger charge is 2.13. The van der Waals surface area contributed by atoms with E-state index in [2.05, 4.69) is 59.2 Å². The monoisotopic (exact) mass is 450 g/mol. The van der Waals surface area contributed by atoms with E-state index in [-0.39, 0.29) is 0 Å². The van der Waals surface area contributed by atoms with E-state index in [0.717, 1.165) is 70.1 Å². The Kier molecular flexibility index (Phi) is 7.05. The number of benzene rings is 1. The Morgan fingerprint density at radius 3 is 2.68 bits per heavy atom. The highest BCUT2D eigenvalue weighted by Crippen LogP contribution is 2.32. The molecule has 0 unspecified atom stereocenters. The molecule has 0 amide bonds. The van der Waals surface area contributed by atoms with Gasteiger partial charge in [-0.2, -0.15) is 5.26 Å². The summed E-state index contributed by atoms with van der Waals surface area (Å²) in [5.74, 6) is 0. The number of pyridine rings is 2. The molecule has 3 aromatic heterocycles. The lowest BCUT2D eigenvalue weighted by Gasteiger charge is -2.17. The summed E-state index contributed by atoms with van der Waals surface area (Å²) in [5.41, 5.74) is 8.07. The molecule has 4 aromatic rings. The zero-order valence-corrected chi connectivity index (χ0v) is 20.2. The number of H-pyrrole nitrogens is 1. The quantitative estimate of drug-likeness (QED) is 0.334. The maximum atomic E-state index is 9.80. The Morgan fingerprint density at radius 2 is 1.91 bits per heavy atom. The number of rotatable bonds is 8. The summed E-state index contributed by atoms with van der Waals surface area (Å²) >= 11 is 0. The lowest BCUT2D eigenvalue weighted by Crippen LogP contribution is -2.22. The molecule has 0 radical (unpaired) electrons. The molecular formula is C28H30N6. The number of aromatic amines is 1. The van der Waals surface area contributed by atoms with Crippen LogP contribution in [0.4, 0.5) is 11.4 Å². The Morgan fingerprint density at radius 1 is 1.09 bits per heavy atom. The second-order valence-electron chi connectivity index (χ2n) is 8.31. The molecule has 6 nitrogen and oxygen atoms in total. The Balaban J connectivity index is 1.69. The predicted octanol–water partition coefficient (Wildman–Crippen LogP) is 6.20. The normalized spacial score (nSPS) is 11.4. The van der Waals surface area contributed by atoms with Gasteiger partial charge in [-0.1, -0.05) is 19.9 Å². The van der Waals surface area contributed by atoms with Crippen molar-refractivity contribution in [2.45, 2.75) is 34.2 Å². The van der Waals surface area contributed by atoms with Crippen LogP contribution in [-0.4, -0.2) is 32.9 Å². The van der Waals surface area contributed by atoms with Gasteiger partial charge in [0.25, 0.3) is 0 Å². The molecule has 0 aliphatic heterocycles. The molecule has 2 N–H and O–H groups in total. The first-order valence-electron chi connectivity index (χ1n) is 11.6. The van der Waals surface area contributed by atoms with Gasteiger partial charge in [0.1, 0.15) is 6.07 Å². The molecule has 34 heavy (non-hydrogen) atoms. The van der Waals surface area contributed by atoms with Crippen LogP contribution in [0.15, 0.2) is 48.8 Å². The molecule has 0 bridgehead atoms. The second-order valence-corrected chi connectivity index (χ2v) is 8.31. The highest BCUT2D eigenvalue weighted by atomic mass is 15.1. The fraction of sp³-hybridized carbons (Fsp3) is 0.250. The molecule has 0 spiro atoms. The lowest BCUT2D eigenvalue weighted by atomic mass is 10.0. The number of nitrogens with one attached hydrogen (secondary N) is 2. The number of anilines is 2. The molecule has 0 fully saturated rings. The topological polar surface area (TPSA) is 80.6 Å². The van der Waals surface area contributed by atoms with Crippen LogP contribution >= 0.6 is 0 Å². The van der Waals surface area contributed by atoms with Crippen molar-refractivity contribution in [2.24, 2.45) is 0 Å². The van der Waals surface area contributed by atoms with Crippen LogP contribution in [0.5, 0.6) is 0 Å². The van der Waals surface area contributed by atoms with E-state index in [9.17, 15) is 5.26 Å². The smallest absolute Gasteiger partial charge is 0.103 e. The maximum absolute atomic E-state index is 9.80. The van der Waals surface area contributed by atoms with E-state index in [1.807, 2.05) is 49.5 Å². The van der Waals surface area contributed by atoms with Gasteiger partial charge in [-0.05, 0) is 75.0 Å². The molecule has 0 saturated carbocycles. The zero-order chi connectivity index (χ0) is 24.1. The van der Waals surface area contributed by atoms with E-state index in [1.165, 1.54) is 0 Å². The zero-order valence-electron chi connectivity index (χ0n) is 20.2. The summed E-state index contributed by atoms with van der Waals surface area (Å²) in [6.45, 7) is 11.2. The number of nitriles is 1. The Bertz CT molecular complexity index is 1370. The van der Waals surface area contributed by atoms with Gasteiger partial charge in [0, 0.05) is 46.8 Å². The number of nitrogens with zero attached hydrogens (tertiary/aromatic N) is 4. The van der Waals surface area contributed by atoms with Gasteiger partial charge in [-0.25, -0.2) is 0 Å². The summed E-state index contributed by atoms with van der Waals surface area (Å²) in [7, 11) is 0. The summed E-state index contributed by atoms with van der Waals surface area (Å²) < 4.78 is 0. The molecule has 3 heterocycles. The highest BCUT2D eigenvalue weighted by molar-refractivity contribution is 5.90. The van der Waals surface area contributed by atoms with Crippen LogP contribution in [0, 0.1) is 25.2 Å². The number of aryl methyl sites for hydroxylation is 2. The van der Waals surface area contributed by atoms with Gasteiger partial charge in [0.2, 0.25) is 0 Å². The first-order chi connectivity index (χ1) is 16.5. The summed E-state index contributed by atoms with van der Waals surface area (Å²) in [5, 5.41) is 14.5. The minimum absolute atomic E-state index is 0.502. The van der Waals surface area contributed by atoms with Crippen LogP contribution in [0.25, 0.3) is 23.1 Å². The van der Waals surface area contributed by atoms with Crippen molar-refractivity contribution in [3.05, 3.63) is 82.6 Å². The average molecular weight is 451 g/mol. The van der Waals surface area contributed by atoms with Crippen LogP contribution in [-0.2, 0) is 6.54 Å². The number of fused-ring (bicyclic) bond motifs is 1. The fourth-order valence-corrected chi connectivity index (χ4v) is 4.12. The van der Waals surface area contributed by atoms with Crippen LogP contribution in [0.2, 0.25) is 0 Å². The molecule has 6 heteroatoms. The maximum Gasteiger partial charge on any atom is 0.103 e. The Labute approximate surface area is 201 Å². The second kappa shape index (κ2) is 10.3. The van der Waals surface area contributed by atoms with E-state index < -0.39 is 0 Å². The largest absolute Gasteiger partial charge is 0.361 e. The summed E-state index contributed by atoms with van der Waals surface area (Å²) in [6.07, 6.45) is 7.56. The van der Waals surface area contributed by atoms with Crippen molar-refractivity contribution in [2.75, 3.05) is 18.4 Å². The molecule has 4 rings (SSSR count). The van der Waals surface area contributed by atoms with Crippen molar-refractivity contribution >= 4 is 34.4 Å². The Hall–Kier alpha value is -3.95. The number of hydrogen-bond donors (Lipinski definition) is 2. The van der Waals surface area contributed by atoms with Crippen molar-refractivity contribution in [1.82, 2.24) is 19.9 Å². The third-order valence-electron chi connectivity index (χ3n) is 6.23. The van der Waals surface area contributed by atoms with E-state index in [4.69, 9.17) is 4.98 Å². The van der Waals surface area contributed by atoms with E-state index in [0.29, 0.717) is 5.56 Å². The van der Waals surface area contributed by atoms with Crippen molar-refractivity contribution in [3.63, 3.8) is 0 Å². The minimum Gasteiger partial charge on any atom is -0.361 e. The average Bonchev–Trinajstić information content (AvgIpc) is 3.34. The third kappa shape index (κ3) is 4.85. The van der Waals surface area contributed by atoms with Gasteiger partial charge in [-0.15, -0.1) is 0 Å². The van der Waals surface area contributed by atoms with Gasteiger partial charge in [-0.3, -0.25) is 14.9 Å². The van der Waals surface area contributed by atoms with Crippen LogP contribution in [0.1, 0.15) is 47.6 Å². The molecule has 1 aromatic carbocycles. The summed E-state index contributed by atoms with van der Waals surface area (Å²) in [6, 6.07) is 14.5. The predicted molar refractivity (Wildman–Crippen MR) is 140 cm³/mol. The molecule has 172 valence electrons. The van der Waals surface area contributed by atoms with Crippen molar-refractivity contribution in [3.8, 4) is 6.07 Å². The molecule has 0 aliphatic carbocycles. The number of aromatic nitrogens is 3. The lowest BCUT2D eigenvalue weighted by molar-refractivity contribution is 0.292. The minimum atomic E-state index is 0.502. The number of hydrogen-bond acceptors (Lipinski definition) is 5. The van der Waals surface area contributed by atoms with Crippen LogP contribution in [0.3, 0.4) is 0 Å².